The van der Waals surface area contributed by atoms with Crippen molar-refractivity contribution in [2.24, 2.45) is 11.8 Å². The smallest absolute Gasteiger partial charge is 0.220 e. The third kappa shape index (κ3) is 28.1. The van der Waals surface area contributed by atoms with Gasteiger partial charge in [-0.05, 0) is 147 Å². The molecule has 0 aromatic carbocycles. The first-order chi connectivity index (χ1) is 20.5. The number of hydrogen-bond donors (Lipinski definition) is 1. The van der Waals surface area contributed by atoms with Crippen LogP contribution in [0.5, 0.6) is 0 Å². The van der Waals surface area contributed by atoms with E-state index in [1.807, 2.05) is 0 Å². The van der Waals surface area contributed by atoms with Crippen molar-refractivity contribution in [1.29, 1.82) is 0 Å². The van der Waals surface area contributed by atoms with Crippen LogP contribution in [0.15, 0.2) is 60.1 Å². The van der Waals surface area contributed by atoms with Crippen molar-refractivity contribution < 1.29 is 4.79 Å². The number of carbonyl (C=O) groups excluding carboxylic acids is 1. The van der Waals surface area contributed by atoms with Gasteiger partial charge in [0.2, 0.25) is 5.91 Å². The summed E-state index contributed by atoms with van der Waals surface area (Å²) in [7, 11) is 4.17. The van der Waals surface area contributed by atoms with E-state index in [1.165, 1.54) is 51.4 Å². The van der Waals surface area contributed by atoms with Gasteiger partial charge in [-0.15, -0.1) is 11.5 Å². The van der Waals surface area contributed by atoms with E-state index in [1.54, 1.807) is 0 Å². The minimum atomic E-state index is 0.213. The van der Waals surface area contributed by atoms with Crippen molar-refractivity contribution in [3.8, 4) is 0 Å². The van der Waals surface area contributed by atoms with E-state index in [9.17, 15) is 4.79 Å². The maximum atomic E-state index is 13.0. The first kappa shape index (κ1) is 40.0. The molecule has 0 saturated carbocycles. The Morgan fingerprint density at radius 1 is 0.690 bits per heavy atom. The molecule has 3 nitrogen and oxygen atoms in total. The van der Waals surface area contributed by atoms with Crippen LogP contribution in [0.25, 0.3) is 0 Å². The maximum Gasteiger partial charge on any atom is 0.220 e. The van der Waals surface area contributed by atoms with Gasteiger partial charge < -0.3 is 10.2 Å². The minimum Gasteiger partial charge on any atom is -0.356 e. The van der Waals surface area contributed by atoms with Crippen molar-refractivity contribution >= 4 is 5.91 Å². The normalized spacial score (nSPS) is 12.7. The molecule has 2 unspecified atom stereocenters. The highest BCUT2D eigenvalue weighted by molar-refractivity contribution is 5.76. The molecule has 0 aromatic rings. The number of nitrogens with one attached hydrogen (secondary N) is 1. The number of nitrogens with zero attached hydrogens (tertiary/aromatic N) is 1. The number of unbranched alkanes of at least 4 members (excludes halogenated alkanes) is 9. The first-order valence-corrected chi connectivity index (χ1v) is 17.6. The third-order valence-corrected chi connectivity index (χ3v) is 7.64. The van der Waals surface area contributed by atoms with Crippen LogP contribution in [0.3, 0.4) is 0 Å². The van der Waals surface area contributed by atoms with E-state index in [-0.39, 0.29) is 5.91 Å². The zero-order valence-electron chi connectivity index (χ0n) is 28.5. The summed E-state index contributed by atoms with van der Waals surface area (Å²) < 4.78 is 0. The van der Waals surface area contributed by atoms with Crippen LogP contribution in [-0.2, 0) is 4.79 Å². The molecular weight excluding hydrogens is 512 g/mol. The highest BCUT2D eigenvalue weighted by atomic mass is 16.1. The van der Waals surface area contributed by atoms with Crippen molar-refractivity contribution in [2.45, 2.75) is 143 Å². The number of allylic oxidation sites excluding steroid dienone is 6. The lowest BCUT2D eigenvalue weighted by Crippen LogP contribution is -2.30. The molecule has 0 spiro atoms. The Kier molecular flexibility index (Phi) is 30.3. The van der Waals surface area contributed by atoms with Gasteiger partial charge in [-0.3, -0.25) is 4.79 Å². The van der Waals surface area contributed by atoms with Gasteiger partial charge in [-0.1, -0.05) is 70.8 Å². The molecule has 0 saturated heterocycles. The van der Waals surface area contributed by atoms with Gasteiger partial charge in [-0.2, -0.15) is 0 Å². The molecule has 0 heterocycles. The van der Waals surface area contributed by atoms with Crippen LogP contribution in [0.2, 0.25) is 0 Å². The van der Waals surface area contributed by atoms with E-state index >= 15 is 0 Å². The van der Waals surface area contributed by atoms with Gasteiger partial charge in [0.15, 0.2) is 0 Å². The van der Waals surface area contributed by atoms with E-state index in [0.29, 0.717) is 18.3 Å². The van der Waals surface area contributed by atoms with Crippen molar-refractivity contribution in [3.63, 3.8) is 0 Å². The molecule has 0 radical (unpaired) electrons. The molecule has 240 valence electrons. The second-order valence-electron chi connectivity index (χ2n) is 12.1. The second kappa shape index (κ2) is 31.9. The average Bonchev–Trinajstić information content (AvgIpc) is 2.97. The number of hydrogen-bond acceptors (Lipinski definition) is 2. The summed E-state index contributed by atoms with van der Waals surface area (Å²) in [6.45, 7) is 8.47. The fraction of sp³-hybridized carbons (Fsp3) is 0.718. The Morgan fingerprint density at radius 3 is 1.93 bits per heavy atom. The molecule has 3 heteroatoms. The van der Waals surface area contributed by atoms with Crippen LogP contribution in [0, 0.1) is 11.8 Å². The zero-order valence-corrected chi connectivity index (χ0v) is 28.5. The lowest BCUT2D eigenvalue weighted by Gasteiger charge is -2.25. The van der Waals surface area contributed by atoms with Gasteiger partial charge in [0.25, 0.3) is 0 Å². The topological polar surface area (TPSA) is 32.3 Å². The predicted octanol–water partition coefficient (Wildman–Crippen LogP) is 10.9. The molecule has 2 atom stereocenters. The zero-order chi connectivity index (χ0) is 30.9. The third-order valence-electron chi connectivity index (χ3n) is 7.64. The largest absolute Gasteiger partial charge is 0.356 e. The van der Waals surface area contributed by atoms with Crippen molar-refractivity contribution in [3.05, 3.63) is 60.1 Å². The molecule has 0 aromatic heterocycles. The van der Waals surface area contributed by atoms with Gasteiger partial charge in [0, 0.05) is 13.0 Å². The molecule has 0 aliphatic heterocycles. The van der Waals surface area contributed by atoms with E-state index < -0.39 is 0 Å². The lowest BCUT2D eigenvalue weighted by molar-refractivity contribution is -0.122. The van der Waals surface area contributed by atoms with Gasteiger partial charge >= 0.3 is 0 Å². The summed E-state index contributed by atoms with van der Waals surface area (Å²) in [6, 6.07) is 0. The Hall–Kier alpha value is -2.05. The molecule has 0 rings (SSSR count). The maximum absolute atomic E-state index is 13.0. The summed E-state index contributed by atoms with van der Waals surface area (Å²) >= 11 is 0. The standard InChI is InChI=1S/C39H68N2O/c1-6-9-12-15-18-21-24-27-31-37(32-28-25-22-19-16-13-10-7-2)38(33-29-26-23-20-17-14-11-8-3)36-39(42)40-34-30-35-41(4)5/h15-16,20-23,27,31,37-38H,6-14,17,24-26,28-30,32-36H2,1-5H3,(H,40,42)/b23-20-,31-27+. The molecule has 42 heavy (non-hydrogen) atoms. The van der Waals surface area contributed by atoms with Gasteiger partial charge in [-0.25, -0.2) is 0 Å². The quantitative estimate of drug-likeness (QED) is 0.0567. The summed E-state index contributed by atoms with van der Waals surface area (Å²) in [6.07, 6.45) is 39.5. The fourth-order valence-electron chi connectivity index (χ4n) is 5.01. The highest BCUT2D eigenvalue weighted by Crippen LogP contribution is 2.29. The van der Waals surface area contributed by atoms with Gasteiger partial charge in [0.05, 0.1) is 0 Å². The molecule has 0 aliphatic rings. The number of rotatable bonds is 28. The number of carbonyl (C=O) groups is 1. The van der Waals surface area contributed by atoms with E-state index in [4.69, 9.17) is 0 Å². The van der Waals surface area contributed by atoms with Crippen LogP contribution < -0.4 is 5.32 Å². The second-order valence-corrected chi connectivity index (χ2v) is 12.1. The van der Waals surface area contributed by atoms with Gasteiger partial charge in [0.1, 0.15) is 0 Å². The summed E-state index contributed by atoms with van der Waals surface area (Å²) in [4.78, 5) is 15.2. The molecule has 0 fully saturated rings. The predicted molar refractivity (Wildman–Crippen MR) is 187 cm³/mol. The highest BCUT2D eigenvalue weighted by Gasteiger charge is 2.21. The lowest BCUT2D eigenvalue weighted by atomic mass is 9.81. The Bertz CT molecular complexity index is 793. The molecule has 0 bridgehead atoms. The average molecular weight is 581 g/mol. The van der Waals surface area contributed by atoms with E-state index in [0.717, 1.165) is 77.3 Å². The SMILES string of the molecule is CCCCC=C=CC/C=C/C(CCCC=C=CCCCC)C(CCC/C=C\CCCCC)CC(=O)NCCCN(C)C. The Labute approximate surface area is 262 Å². The minimum absolute atomic E-state index is 0.213. The van der Waals surface area contributed by atoms with Crippen LogP contribution >= 0.6 is 0 Å². The molecular formula is C39H68N2O. The summed E-state index contributed by atoms with van der Waals surface area (Å²) in [5.74, 6) is 1.00. The van der Waals surface area contributed by atoms with Crippen molar-refractivity contribution in [2.75, 3.05) is 27.2 Å². The van der Waals surface area contributed by atoms with Crippen LogP contribution in [0.1, 0.15) is 143 Å². The van der Waals surface area contributed by atoms with Crippen LogP contribution in [-0.4, -0.2) is 38.0 Å². The Balaban J connectivity index is 5.37. The first-order valence-electron chi connectivity index (χ1n) is 17.6. The van der Waals surface area contributed by atoms with E-state index in [2.05, 4.69) is 105 Å². The monoisotopic (exact) mass is 581 g/mol. The Morgan fingerprint density at radius 2 is 1.29 bits per heavy atom. The van der Waals surface area contributed by atoms with Crippen molar-refractivity contribution in [1.82, 2.24) is 10.2 Å². The number of amides is 1. The summed E-state index contributed by atoms with van der Waals surface area (Å²) in [5.41, 5.74) is 6.73. The molecule has 1 amide bonds. The summed E-state index contributed by atoms with van der Waals surface area (Å²) in [5, 5.41) is 3.21. The molecule has 1 N–H and O–H groups in total. The fourth-order valence-corrected chi connectivity index (χ4v) is 5.01. The van der Waals surface area contributed by atoms with Crippen LogP contribution in [0.4, 0.5) is 0 Å². The molecule has 0 aliphatic carbocycles.